The molecular formula is C21H21N3O4. The predicted molar refractivity (Wildman–Crippen MR) is 104 cm³/mol. The summed E-state index contributed by atoms with van der Waals surface area (Å²) in [7, 11) is 0. The lowest BCUT2D eigenvalue weighted by atomic mass is 10.0. The van der Waals surface area contributed by atoms with Gasteiger partial charge in [-0.15, -0.1) is 6.58 Å². The van der Waals surface area contributed by atoms with Gasteiger partial charge in [-0.3, -0.25) is 19.2 Å². The first-order valence-corrected chi connectivity index (χ1v) is 8.87. The zero-order valence-electron chi connectivity index (χ0n) is 15.3. The van der Waals surface area contributed by atoms with E-state index in [-0.39, 0.29) is 25.0 Å². The van der Waals surface area contributed by atoms with Gasteiger partial charge in [-0.05, 0) is 17.7 Å². The highest BCUT2D eigenvalue weighted by molar-refractivity contribution is 6.12. The van der Waals surface area contributed by atoms with Gasteiger partial charge in [0.2, 0.25) is 5.91 Å². The highest BCUT2D eigenvalue weighted by Gasteiger charge is 2.34. The van der Waals surface area contributed by atoms with Crippen molar-refractivity contribution < 1.29 is 19.2 Å². The second kappa shape index (κ2) is 8.96. The summed E-state index contributed by atoms with van der Waals surface area (Å²) in [5.41, 5.74) is 3.90. The minimum atomic E-state index is -0.788. The molecule has 0 aliphatic carbocycles. The SMILES string of the molecule is C=CCONC(=O)CN1C(=O)C(Cc2ccccc2)NC(=O)c2ccccc21. The normalized spacial score (nSPS) is 16.0. The highest BCUT2D eigenvalue weighted by Crippen LogP contribution is 2.25. The van der Waals surface area contributed by atoms with Gasteiger partial charge >= 0.3 is 0 Å². The summed E-state index contributed by atoms with van der Waals surface area (Å²) >= 11 is 0. The molecule has 28 heavy (non-hydrogen) atoms. The third-order valence-electron chi connectivity index (χ3n) is 4.28. The van der Waals surface area contributed by atoms with Crippen molar-refractivity contribution in [1.29, 1.82) is 0 Å². The van der Waals surface area contributed by atoms with E-state index in [0.29, 0.717) is 17.7 Å². The summed E-state index contributed by atoms with van der Waals surface area (Å²) in [6, 6.07) is 15.3. The van der Waals surface area contributed by atoms with Gasteiger partial charge in [0.25, 0.3) is 11.8 Å². The maximum absolute atomic E-state index is 13.2. The molecule has 0 spiro atoms. The van der Waals surface area contributed by atoms with Crippen LogP contribution < -0.4 is 15.7 Å². The van der Waals surface area contributed by atoms with E-state index < -0.39 is 11.9 Å². The molecule has 7 heteroatoms. The van der Waals surface area contributed by atoms with Crippen molar-refractivity contribution in [2.45, 2.75) is 12.5 Å². The molecule has 144 valence electrons. The van der Waals surface area contributed by atoms with Gasteiger partial charge in [-0.2, -0.15) is 0 Å². The van der Waals surface area contributed by atoms with E-state index in [1.807, 2.05) is 30.3 Å². The molecule has 0 saturated carbocycles. The topological polar surface area (TPSA) is 87.7 Å². The molecule has 2 aromatic rings. The van der Waals surface area contributed by atoms with Crippen LogP contribution in [0.5, 0.6) is 0 Å². The average molecular weight is 379 g/mol. The molecule has 2 aromatic carbocycles. The van der Waals surface area contributed by atoms with Crippen LogP contribution in [-0.4, -0.2) is 36.9 Å². The van der Waals surface area contributed by atoms with Crippen LogP contribution in [0.2, 0.25) is 0 Å². The lowest BCUT2D eigenvalue weighted by Crippen LogP contribution is -2.49. The zero-order valence-corrected chi connectivity index (χ0v) is 15.3. The Kier molecular flexibility index (Phi) is 6.18. The van der Waals surface area contributed by atoms with Crippen molar-refractivity contribution >= 4 is 23.4 Å². The van der Waals surface area contributed by atoms with E-state index in [2.05, 4.69) is 17.4 Å². The van der Waals surface area contributed by atoms with Gasteiger partial charge < -0.3 is 10.2 Å². The molecule has 7 nitrogen and oxygen atoms in total. The number of anilines is 1. The summed E-state index contributed by atoms with van der Waals surface area (Å²) in [6.07, 6.45) is 1.82. The molecule has 1 aliphatic rings. The van der Waals surface area contributed by atoms with E-state index in [9.17, 15) is 14.4 Å². The molecule has 1 atom stereocenters. The second-order valence-electron chi connectivity index (χ2n) is 6.28. The van der Waals surface area contributed by atoms with E-state index in [0.717, 1.165) is 5.56 Å². The van der Waals surface area contributed by atoms with Crippen LogP contribution in [0, 0.1) is 0 Å². The number of para-hydroxylation sites is 1. The number of nitrogens with zero attached hydrogens (tertiary/aromatic N) is 1. The molecule has 3 rings (SSSR count). The number of rotatable bonds is 7. The molecule has 1 heterocycles. The van der Waals surface area contributed by atoms with E-state index >= 15 is 0 Å². The lowest BCUT2D eigenvalue weighted by molar-refractivity contribution is -0.132. The van der Waals surface area contributed by atoms with Crippen LogP contribution in [0.15, 0.2) is 67.3 Å². The van der Waals surface area contributed by atoms with E-state index in [4.69, 9.17) is 4.84 Å². The second-order valence-corrected chi connectivity index (χ2v) is 6.28. The molecule has 0 saturated heterocycles. The third kappa shape index (κ3) is 4.44. The van der Waals surface area contributed by atoms with Gasteiger partial charge in [0.1, 0.15) is 12.6 Å². The minimum Gasteiger partial charge on any atom is -0.340 e. The molecule has 1 unspecified atom stereocenters. The summed E-state index contributed by atoms with van der Waals surface area (Å²) in [5.74, 6) is -1.21. The van der Waals surface area contributed by atoms with Crippen LogP contribution in [-0.2, 0) is 20.8 Å². The third-order valence-corrected chi connectivity index (χ3v) is 4.28. The largest absolute Gasteiger partial charge is 0.340 e. The number of hydrogen-bond donors (Lipinski definition) is 2. The number of hydrogen-bond acceptors (Lipinski definition) is 4. The minimum absolute atomic E-state index is 0.146. The number of amides is 3. The van der Waals surface area contributed by atoms with Gasteiger partial charge in [0.15, 0.2) is 0 Å². The van der Waals surface area contributed by atoms with Crippen molar-refractivity contribution in [2.24, 2.45) is 0 Å². The Labute approximate surface area is 162 Å². The number of fused-ring (bicyclic) bond motifs is 1. The van der Waals surface area contributed by atoms with Gasteiger partial charge in [0.05, 0.1) is 17.9 Å². The maximum atomic E-state index is 13.2. The first-order chi connectivity index (χ1) is 13.6. The van der Waals surface area contributed by atoms with Crippen molar-refractivity contribution in [3.05, 3.63) is 78.4 Å². The maximum Gasteiger partial charge on any atom is 0.263 e. The van der Waals surface area contributed by atoms with Crippen LogP contribution >= 0.6 is 0 Å². The predicted octanol–water partition coefficient (Wildman–Crippen LogP) is 1.61. The number of benzene rings is 2. The van der Waals surface area contributed by atoms with Crippen molar-refractivity contribution in [2.75, 3.05) is 18.1 Å². The molecular weight excluding hydrogens is 358 g/mol. The fraction of sp³-hybridized carbons (Fsp3) is 0.190. The monoisotopic (exact) mass is 379 g/mol. The Balaban J connectivity index is 1.87. The van der Waals surface area contributed by atoms with Gasteiger partial charge in [-0.25, -0.2) is 5.48 Å². The number of nitrogens with one attached hydrogen (secondary N) is 2. The van der Waals surface area contributed by atoms with Gasteiger partial charge in [-0.1, -0.05) is 48.5 Å². The molecule has 0 fully saturated rings. The molecule has 0 aromatic heterocycles. The molecule has 1 aliphatic heterocycles. The lowest BCUT2D eigenvalue weighted by Gasteiger charge is -2.24. The van der Waals surface area contributed by atoms with Crippen LogP contribution in [0.3, 0.4) is 0 Å². The standard InChI is InChI=1S/C21H21N3O4/c1-2-12-28-23-19(25)14-24-18-11-7-6-10-16(18)20(26)22-17(21(24)27)13-15-8-4-3-5-9-15/h2-11,17H,1,12-14H2,(H,22,26)(H,23,25). The van der Waals surface area contributed by atoms with Gasteiger partial charge in [0, 0.05) is 6.42 Å². The Morgan fingerprint density at radius 2 is 1.86 bits per heavy atom. The summed E-state index contributed by atoms with van der Waals surface area (Å²) in [6.45, 7) is 3.37. The van der Waals surface area contributed by atoms with Crippen LogP contribution in [0.1, 0.15) is 15.9 Å². The first-order valence-electron chi connectivity index (χ1n) is 8.87. The van der Waals surface area contributed by atoms with E-state index in [1.165, 1.54) is 11.0 Å². The molecule has 2 N–H and O–H groups in total. The van der Waals surface area contributed by atoms with Crippen molar-refractivity contribution in [1.82, 2.24) is 10.8 Å². The van der Waals surface area contributed by atoms with E-state index in [1.54, 1.807) is 24.3 Å². The van der Waals surface area contributed by atoms with Crippen molar-refractivity contribution in [3.8, 4) is 0 Å². The fourth-order valence-electron chi connectivity index (χ4n) is 3.01. The van der Waals surface area contributed by atoms with Crippen molar-refractivity contribution in [3.63, 3.8) is 0 Å². The smallest absolute Gasteiger partial charge is 0.263 e. The Morgan fingerprint density at radius 3 is 2.61 bits per heavy atom. The van der Waals surface area contributed by atoms with Crippen LogP contribution in [0.25, 0.3) is 0 Å². The Bertz CT molecular complexity index is 882. The molecule has 0 radical (unpaired) electrons. The first kappa shape index (κ1) is 19.3. The number of carbonyl (C=O) groups is 3. The summed E-state index contributed by atoms with van der Waals surface area (Å²) in [5, 5.41) is 2.78. The Hall–Kier alpha value is -3.45. The highest BCUT2D eigenvalue weighted by atomic mass is 16.6. The molecule has 3 amide bonds. The number of hydroxylamine groups is 1. The van der Waals surface area contributed by atoms with Crippen LogP contribution in [0.4, 0.5) is 5.69 Å². The fourth-order valence-corrected chi connectivity index (χ4v) is 3.01. The number of carbonyl (C=O) groups excluding carboxylic acids is 3. The molecule has 0 bridgehead atoms. The quantitative estimate of drug-likeness (QED) is 0.435. The average Bonchev–Trinajstić information content (AvgIpc) is 2.80. The zero-order chi connectivity index (χ0) is 19.9. The summed E-state index contributed by atoms with van der Waals surface area (Å²) in [4.78, 5) is 44.4. The summed E-state index contributed by atoms with van der Waals surface area (Å²) < 4.78 is 0. The Morgan fingerprint density at radius 1 is 1.14 bits per heavy atom.